The lowest BCUT2D eigenvalue weighted by Gasteiger charge is -2.27. The van der Waals surface area contributed by atoms with Gasteiger partial charge >= 0.3 is 0 Å². The molecule has 3 unspecified atom stereocenters. The first-order valence-electron chi connectivity index (χ1n) is 6.00. The first-order chi connectivity index (χ1) is 7.27. The van der Waals surface area contributed by atoms with Crippen molar-refractivity contribution in [3.63, 3.8) is 0 Å². The number of hydrogen-bond acceptors (Lipinski definition) is 1. The third-order valence-electron chi connectivity index (χ3n) is 3.95. The zero-order valence-electron chi connectivity index (χ0n) is 9.49. The molecule has 1 aliphatic heterocycles. The normalized spacial score (nSPS) is 38.8. The SMILES string of the molecule is CC1=CC=CC2=C3CCCC(C)C3SC12. The van der Waals surface area contributed by atoms with Crippen LogP contribution in [0.3, 0.4) is 0 Å². The fourth-order valence-electron chi connectivity index (χ4n) is 3.10. The van der Waals surface area contributed by atoms with E-state index in [1.165, 1.54) is 19.3 Å². The highest BCUT2D eigenvalue weighted by Gasteiger charge is 2.38. The van der Waals surface area contributed by atoms with Crippen LogP contribution in [0.1, 0.15) is 33.1 Å². The van der Waals surface area contributed by atoms with Crippen molar-refractivity contribution in [2.45, 2.75) is 43.6 Å². The molecule has 1 fully saturated rings. The van der Waals surface area contributed by atoms with Crippen LogP contribution < -0.4 is 0 Å². The van der Waals surface area contributed by atoms with Gasteiger partial charge in [-0.2, -0.15) is 0 Å². The van der Waals surface area contributed by atoms with Crippen molar-refractivity contribution in [3.05, 3.63) is 34.9 Å². The lowest BCUT2D eigenvalue weighted by molar-refractivity contribution is 0.465. The van der Waals surface area contributed by atoms with Gasteiger partial charge in [0.1, 0.15) is 0 Å². The molecule has 0 spiro atoms. The van der Waals surface area contributed by atoms with Gasteiger partial charge < -0.3 is 0 Å². The molecule has 1 heterocycles. The maximum absolute atomic E-state index is 2.43. The van der Waals surface area contributed by atoms with Crippen molar-refractivity contribution >= 4 is 11.8 Å². The zero-order valence-corrected chi connectivity index (χ0v) is 10.3. The van der Waals surface area contributed by atoms with E-state index in [1.54, 1.807) is 16.7 Å². The second-order valence-corrected chi connectivity index (χ2v) is 6.31. The van der Waals surface area contributed by atoms with Gasteiger partial charge in [0.2, 0.25) is 0 Å². The monoisotopic (exact) mass is 218 g/mol. The van der Waals surface area contributed by atoms with E-state index >= 15 is 0 Å². The van der Waals surface area contributed by atoms with Crippen molar-refractivity contribution < 1.29 is 0 Å². The smallest absolute Gasteiger partial charge is 0.0512 e. The van der Waals surface area contributed by atoms with Gasteiger partial charge in [0, 0.05) is 5.25 Å². The van der Waals surface area contributed by atoms with Crippen LogP contribution in [0.2, 0.25) is 0 Å². The molecule has 1 heteroatoms. The third kappa shape index (κ3) is 1.44. The highest BCUT2D eigenvalue weighted by Crippen LogP contribution is 2.51. The number of hydrogen-bond donors (Lipinski definition) is 0. The average Bonchev–Trinajstić information content (AvgIpc) is 2.60. The molecule has 0 nitrogen and oxygen atoms in total. The Hall–Kier alpha value is -0.430. The second-order valence-electron chi connectivity index (χ2n) is 5.06. The van der Waals surface area contributed by atoms with Crippen molar-refractivity contribution in [2.24, 2.45) is 5.92 Å². The Kier molecular flexibility index (Phi) is 2.31. The van der Waals surface area contributed by atoms with E-state index in [-0.39, 0.29) is 0 Å². The van der Waals surface area contributed by atoms with Gasteiger partial charge in [-0.05, 0) is 37.7 Å². The number of fused-ring (bicyclic) bond motifs is 2. The van der Waals surface area contributed by atoms with E-state index in [1.807, 2.05) is 0 Å². The summed E-state index contributed by atoms with van der Waals surface area (Å²) in [5, 5.41) is 1.51. The Labute approximate surface area is 96.5 Å². The van der Waals surface area contributed by atoms with Crippen LogP contribution in [0, 0.1) is 5.92 Å². The summed E-state index contributed by atoms with van der Waals surface area (Å²) in [5.74, 6) is 0.887. The molecular weight excluding hydrogens is 200 g/mol. The molecule has 15 heavy (non-hydrogen) atoms. The lowest BCUT2D eigenvalue weighted by atomic mass is 9.82. The minimum absolute atomic E-state index is 0.690. The van der Waals surface area contributed by atoms with Crippen molar-refractivity contribution in [2.75, 3.05) is 0 Å². The first-order valence-corrected chi connectivity index (χ1v) is 6.95. The van der Waals surface area contributed by atoms with Gasteiger partial charge in [-0.3, -0.25) is 0 Å². The number of thioether (sulfide) groups is 1. The van der Waals surface area contributed by atoms with Crippen molar-refractivity contribution in [3.8, 4) is 0 Å². The van der Waals surface area contributed by atoms with Crippen molar-refractivity contribution in [1.82, 2.24) is 0 Å². The molecule has 0 N–H and O–H groups in total. The minimum atomic E-state index is 0.690. The minimum Gasteiger partial charge on any atom is -0.141 e. The molecule has 0 aromatic rings. The van der Waals surface area contributed by atoms with Gasteiger partial charge in [-0.1, -0.05) is 36.3 Å². The fourth-order valence-corrected chi connectivity index (χ4v) is 4.89. The quantitative estimate of drug-likeness (QED) is 0.590. The molecule has 80 valence electrons. The average molecular weight is 218 g/mol. The Bertz CT molecular complexity index is 373. The summed E-state index contributed by atoms with van der Waals surface area (Å²) < 4.78 is 0. The van der Waals surface area contributed by atoms with Crippen LogP contribution >= 0.6 is 11.8 Å². The van der Waals surface area contributed by atoms with Crippen LogP contribution in [-0.2, 0) is 0 Å². The molecule has 0 aromatic carbocycles. The summed E-state index contributed by atoms with van der Waals surface area (Å²) in [6.45, 7) is 4.71. The molecule has 0 bridgehead atoms. The highest BCUT2D eigenvalue weighted by atomic mass is 32.2. The lowest BCUT2D eigenvalue weighted by Crippen LogP contribution is -2.19. The van der Waals surface area contributed by atoms with E-state index < -0.39 is 0 Å². The summed E-state index contributed by atoms with van der Waals surface area (Å²) >= 11 is 2.20. The summed E-state index contributed by atoms with van der Waals surface area (Å²) in [6, 6.07) is 0. The fraction of sp³-hybridized carbons (Fsp3) is 0.571. The molecule has 0 radical (unpaired) electrons. The Balaban J connectivity index is 2.01. The van der Waals surface area contributed by atoms with Gasteiger partial charge in [0.15, 0.2) is 0 Å². The molecule has 1 saturated carbocycles. The van der Waals surface area contributed by atoms with Crippen LogP contribution in [0.25, 0.3) is 0 Å². The van der Waals surface area contributed by atoms with E-state index in [9.17, 15) is 0 Å². The molecule has 0 aromatic heterocycles. The van der Waals surface area contributed by atoms with Gasteiger partial charge in [0.25, 0.3) is 0 Å². The maximum atomic E-state index is 2.43. The van der Waals surface area contributed by atoms with Gasteiger partial charge in [-0.15, -0.1) is 11.8 Å². The largest absolute Gasteiger partial charge is 0.141 e. The van der Waals surface area contributed by atoms with Crippen LogP contribution in [-0.4, -0.2) is 10.5 Å². The standard InChI is InChI=1S/C14H18S/c1-9-5-3-7-11-12-8-4-6-10(2)14(12)15-13(9)11/h3,5,7,10,13-14H,4,6,8H2,1-2H3. The van der Waals surface area contributed by atoms with Gasteiger partial charge in [0.05, 0.1) is 5.25 Å². The number of allylic oxidation sites excluding steroid dienone is 3. The third-order valence-corrected chi connectivity index (χ3v) is 5.89. The first kappa shape index (κ1) is 9.77. The van der Waals surface area contributed by atoms with E-state index in [0.717, 1.165) is 11.2 Å². The summed E-state index contributed by atoms with van der Waals surface area (Å²) in [6.07, 6.45) is 11.1. The zero-order chi connectivity index (χ0) is 10.4. The molecule has 0 saturated heterocycles. The highest BCUT2D eigenvalue weighted by molar-refractivity contribution is 8.01. The summed E-state index contributed by atoms with van der Waals surface area (Å²) in [5.41, 5.74) is 4.97. The Morgan fingerprint density at radius 1 is 1.40 bits per heavy atom. The predicted octanol–water partition coefficient (Wildman–Crippen LogP) is 4.10. The van der Waals surface area contributed by atoms with Crippen molar-refractivity contribution in [1.29, 1.82) is 0 Å². The van der Waals surface area contributed by atoms with Crippen LogP contribution in [0.5, 0.6) is 0 Å². The van der Waals surface area contributed by atoms with E-state index in [2.05, 4.69) is 43.8 Å². The molecule has 3 rings (SSSR count). The Morgan fingerprint density at radius 3 is 3.13 bits per heavy atom. The summed E-state index contributed by atoms with van der Waals surface area (Å²) in [7, 11) is 0. The summed E-state index contributed by atoms with van der Waals surface area (Å²) in [4.78, 5) is 0. The maximum Gasteiger partial charge on any atom is 0.0512 e. The van der Waals surface area contributed by atoms with E-state index in [4.69, 9.17) is 0 Å². The molecular formula is C14H18S. The Morgan fingerprint density at radius 2 is 2.27 bits per heavy atom. The topological polar surface area (TPSA) is 0 Å². The number of rotatable bonds is 0. The van der Waals surface area contributed by atoms with Gasteiger partial charge in [-0.25, -0.2) is 0 Å². The molecule has 2 aliphatic carbocycles. The van der Waals surface area contributed by atoms with E-state index in [0.29, 0.717) is 5.25 Å². The van der Waals surface area contributed by atoms with Crippen LogP contribution in [0.15, 0.2) is 34.9 Å². The van der Waals surface area contributed by atoms with Crippen LogP contribution in [0.4, 0.5) is 0 Å². The molecule has 3 aliphatic rings. The molecule has 3 atom stereocenters. The predicted molar refractivity (Wildman–Crippen MR) is 68.1 cm³/mol. The second kappa shape index (κ2) is 3.55. The molecule has 0 amide bonds.